The Balaban J connectivity index is 2.12. The molecule has 1 aliphatic rings. The van der Waals surface area contributed by atoms with Crippen molar-refractivity contribution in [3.63, 3.8) is 0 Å². The van der Waals surface area contributed by atoms with E-state index in [0.717, 1.165) is 16.9 Å². The second-order valence-electron chi connectivity index (χ2n) is 4.51. The number of hydrogen-bond acceptors (Lipinski definition) is 2. The number of fused-ring (bicyclic) bond motifs is 1. The lowest BCUT2D eigenvalue weighted by atomic mass is 9.88. The van der Waals surface area contributed by atoms with Crippen LogP contribution in [0.4, 0.5) is 0 Å². The highest BCUT2D eigenvalue weighted by Gasteiger charge is 2.39. The summed E-state index contributed by atoms with van der Waals surface area (Å²) in [5.41, 5.74) is 1.91. The Morgan fingerprint density at radius 1 is 1.06 bits per heavy atom. The molecule has 0 saturated carbocycles. The fourth-order valence-electron chi connectivity index (χ4n) is 2.26. The number of aryl methyl sites for hydroxylation is 1. The molecule has 3 rings (SSSR count). The molecule has 0 spiro atoms. The quantitative estimate of drug-likeness (QED) is 0.810. The molecular weight excluding hydrogens is 212 g/mol. The minimum atomic E-state index is -1.01. The van der Waals surface area contributed by atoms with Gasteiger partial charge in [-0.05, 0) is 18.6 Å². The maximum Gasteiger partial charge on any atom is 0.152 e. The zero-order chi connectivity index (χ0) is 11.9. The lowest BCUT2D eigenvalue weighted by molar-refractivity contribution is 0.0559. The van der Waals surface area contributed by atoms with Crippen LogP contribution >= 0.6 is 0 Å². The van der Waals surface area contributed by atoms with Crippen molar-refractivity contribution in [1.82, 2.24) is 0 Å². The van der Waals surface area contributed by atoms with Gasteiger partial charge >= 0.3 is 0 Å². The van der Waals surface area contributed by atoms with E-state index in [0.29, 0.717) is 0 Å². The van der Waals surface area contributed by atoms with E-state index in [9.17, 15) is 5.11 Å². The van der Waals surface area contributed by atoms with Crippen molar-refractivity contribution in [3.05, 3.63) is 65.2 Å². The topological polar surface area (TPSA) is 29.5 Å². The lowest BCUT2D eigenvalue weighted by Gasteiger charge is -2.22. The highest BCUT2D eigenvalue weighted by molar-refractivity contribution is 5.48. The van der Waals surface area contributed by atoms with Gasteiger partial charge in [0.05, 0.1) is 0 Å². The smallest absolute Gasteiger partial charge is 0.152 e. The number of rotatable bonds is 1. The Morgan fingerprint density at radius 3 is 2.53 bits per heavy atom. The number of ether oxygens (including phenoxy) is 1. The van der Waals surface area contributed by atoms with E-state index in [4.69, 9.17) is 4.74 Å². The Kier molecular flexibility index (Phi) is 2.20. The number of hydrogen-bond donors (Lipinski definition) is 1. The van der Waals surface area contributed by atoms with Crippen molar-refractivity contribution in [3.8, 4) is 5.75 Å². The molecule has 0 amide bonds. The summed E-state index contributed by atoms with van der Waals surface area (Å²) in [7, 11) is 0. The van der Waals surface area contributed by atoms with Crippen molar-refractivity contribution >= 4 is 0 Å². The average molecular weight is 226 g/mol. The summed E-state index contributed by atoms with van der Waals surface area (Å²) in [6, 6.07) is 15.6. The third kappa shape index (κ3) is 1.53. The number of benzene rings is 2. The van der Waals surface area contributed by atoms with Crippen molar-refractivity contribution in [2.45, 2.75) is 12.5 Å². The molecule has 86 valence electrons. The minimum Gasteiger partial charge on any atom is -0.489 e. The van der Waals surface area contributed by atoms with E-state index in [1.807, 2.05) is 55.5 Å². The largest absolute Gasteiger partial charge is 0.489 e. The molecule has 0 unspecified atom stereocenters. The third-order valence-corrected chi connectivity index (χ3v) is 3.30. The SMILES string of the molecule is Cc1ccc([C@]2(O)COc3ccccc32)cc1. The fourth-order valence-corrected chi connectivity index (χ4v) is 2.26. The molecule has 0 radical (unpaired) electrons. The van der Waals surface area contributed by atoms with Crippen LogP contribution in [0.3, 0.4) is 0 Å². The first-order valence-electron chi connectivity index (χ1n) is 5.72. The molecule has 2 nitrogen and oxygen atoms in total. The summed E-state index contributed by atoms with van der Waals surface area (Å²) in [6.45, 7) is 2.32. The molecule has 1 aliphatic heterocycles. The summed E-state index contributed by atoms with van der Waals surface area (Å²) in [4.78, 5) is 0. The van der Waals surface area contributed by atoms with Crippen LogP contribution in [0.15, 0.2) is 48.5 Å². The first kappa shape index (κ1) is 10.4. The zero-order valence-electron chi connectivity index (χ0n) is 9.68. The first-order chi connectivity index (χ1) is 8.20. The molecule has 17 heavy (non-hydrogen) atoms. The molecule has 0 aromatic heterocycles. The molecule has 0 bridgehead atoms. The van der Waals surface area contributed by atoms with Gasteiger partial charge in [-0.1, -0.05) is 48.0 Å². The van der Waals surface area contributed by atoms with Gasteiger partial charge in [0.1, 0.15) is 12.4 Å². The second-order valence-corrected chi connectivity index (χ2v) is 4.51. The van der Waals surface area contributed by atoms with Crippen molar-refractivity contribution in [2.75, 3.05) is 6.61 Å². The Labute approximate surface area is 100 Å². The molecular formula is C15H14O2. The predicted molar refractivity (Wildman–Crippen MR) is 66.1 cm³/mol. The third-order valence-electron chi connectivity index (χ3n) is 3.30. The standard InChI is InChI=1S/C15H14O2/c1-11-6-8-12(9-7-11)15(16)10-17-14-5-3-2-4-13(14)15/h2-9,16H,10H2,1H3/t15-/m1/s1. The van der Waals surface area contributed by atoms with Crippen LogP contribution in [0.1, 0.15) is 16.7 Å². The van der Waals surface area contributed by atoms with Crippen molar-refractivity contribution < 1.29 is 9.84 Å². The average Bonchev–Trinajstić information content (AvgIpc) is 2.70. The predicted octanol–water partition coefficient (Wildman–Crippen LogP) is 2.62. The number of aliphatic hydroxyl groups is 1. The fraction of sp³-hybridized carbons (Fsp3) is 0.200. The van der Waals surface area contributed by atoms with Gasteiger partial charge in [-0.3, -0.25) is 0 Å². The second kappa shape index (κ2) is 3.60. The van der Waals surface area contributed by atoms with Gasteiger partial charge in [-0.2, -0.15) is 0 Å². The van der Waals surface area contributed by atoms with Crippen LogP contribution in [-0.2, 0) is 5.60 Å². The zero-order valence-corrected chi connectivity index (χ0v) is 9.68. The van der Waals surface area contributed by atoms with Gasteiger partial charge in [-0.15, -0.1) is 0 Å². The first-order valence-corrected chi connectivity index (χ1v) is 5.72. The summed E-state index contributed by atoms with van der Waals surface area (Å²) in [5, 5.41) is 10.8. The van der Waals surface area contributed by atoms with E-state index in [1.165, 1.54) is 5.56 Å². The van der Waals surface area contributed by atoms with Crippen molar-refractivity contribution in [1.29, 1.82) is 0 Å². The van der Waals surface area contributed by atoms with E-state index in [2.05, 4.69) is 0 Å². The minimum absolute atomic E-state index is 0.287. The van der Waals surface area contributed by atoms with Gasteiger partial charge in [-0.25, -0.2) is 0 Å². The Bertz CT molecular complexity index is 545. The summed E-state index contributed by atoms with van der Waals surface area (Å²) in [5.74, 6) is 0.774. The van der Waals surface area contributed by atoms with E-state index >= 15 is 0 Å². The van der Waals surface area contributed by atoms with Gasteiger partial charge in [0.15, 0.2) is 5.60 Å². The molecule has 0 fully saturated rings. The molecule has 1 atom stereocenters. The molecule has 2 aromatic rings. The van der Waals surface area contributed by atoms with E-state index < -0.39 is 5.60 Å². The Morgan fingerprint density at radius 2 is 1.76 bits per heavy atom. The monoisotopic (exact) mass is 226 g/mol. The van der Waals surface area contributed by atoms with Gasteiger partial charge in [0, 0.05) is 5.56 Å². The maximum absolute atomic E-state index is 10.8. The Hall–Kier alpha value is -1.80. The van der Waals surface area contributed by atoms with Crippen LogP contribution in [0, 0.1) is 6.92 Å². The van der Waals surface area contributed by atoms with E-state index in [-0.39, 0.29) is 6.61 Å². The highest BCUT2D eigenvalue weighted by atomic mass is 16.5. The molecule has 2 heteroatoms. The van der Waals surface area contributed by atoms with Gasteiger partial charge in [0.25, 0.3) is 0 Å². The molecule has 1 heterocycles. The van der Waals surface area contributed by atoms with Crippen LogP contribution in [0.5, 0.6) is 5.75 Å². The summed E-state index contributed by atoms with van der Waals surface area (Å²) < 4.78 is 5.55. The van der Waals surface area contributed by atoms with Crippen LogP contribution in [0.25, 0.3) is 0 Å². The molecule has 0 saturated heterocycles. The highest BCUT2D eigenvalue weighted by Crippen LogP contribution is 2.41. The van der Waals surface area contributed by atoms with Crippen LogP contribution < -0.4 is 4.74 Å². The van der Waals surface area contributed by atoms with Gasteiger partial charge in [0.2, 0.25) is 0 Å². The van der Waals surface area contributed by atoms with E-state index in [1.54, 1.807) is 0 Å². The number of para-hydroxylation sites is 1. The van der Waals surface area contributed by atoms with Crippen LogP contribution in [-0.4, -0.2) is 11.7 Å². The molecule has 1 N–H and O–H groups in total. The normalized spacial score (nSPS) is 22.0. The lowest BCUT2D eigenvalue weighted by Crippen LogP contribution is -2.28. The van der Waals surface area contributed by atoms with Crippen LogP contribution in [0.2, 0.25) is 0 Å². The summed E-state index contributed by atoms with van der Waals surface area (Å²) >= 11 is 0. The van der Waals surface area contributed by atoms with Gasteiger partial charge < -0.3 is 9.84 Å². The molecule has 2 aromatic carbocycles. The van der Waals surface area contributed by atoms with Crippen molar-refractivity contribution in [2.24, 2.45) is 0 Å². The summed E-state index contributed by atoms with van der Waals surface area (Å²) in [6.07, 6.45) is 0. The molecule has 0 aliphatic carbocycles. The maximum atomic E-state index is 10.8.